The van der Waals surface area contributed by atoms with E-state index in [-0.39, 0.29) is 0 Å². The van der Waals surface area contributed by atoms with Crippen LogP contribution in [0.4, 0.5) is 17.1 Å². The molecule has 244 valence electrons. The van der Waals surface area contributed by atoms with Gasteiger partial charge in [-0.05, 0) is 92.5 Å². The first-order valence-corrected chi connectivity index (χ1v) is 17.8. The first-order chi connectivity index (χ1) is 25.8. The number of para-hydroxylation sites is 2. The second kappa shape index (κ2) is 12.5. The summed E-state index contributed by atoms with van der Waals surface area (Å²) in [7, 11) is 0. The first-order valence-electron chi connectivity index (χ1n) is 17.8. The maximum absolute atomic E-state index is 6.60. The lowest BCUT2D eigenvalue weighted by atomic mass is 9.95. The molecule has 0 N–H and O–H groups in total. The zero-order valence-electron chi connectivity index (χ0n) is 28.4. The summed E-state index contributed by atoms with van der Waals surface area (Å²) in [5, 5.41) is 7.08. The van der Waals surface area contributed by atoms with Gasteiger partial charge in [0, 0.05) is 33.1 Å². The van der Waals surface area contributed by atoms with Gasteiger partial charge in [0.1, 0.15) is 11.2 Å². The maximum Gasteiger partial charge on any atom is 0.143 e. The van der Waals surface area contributed by atoms with Crippen molar-refractivity contribution in [3.8, 4) is 33.4 Å². The maximum atomic E-state index is 6.60. The standard InChI is InChI=1S/C50H33NO/c1-2-18-39(19-3-1)51(40-30-27-34(28-31-40)37-16-10-17-38(33-37)42-23-11-15-35-13-4-6-20-41(35)42)47-25-9-8-22-44(47)45-24-12-26-48-49(45)46-32-29-36-14-5-7-21-43(36)50(46)52-48/h1-33H. The molecule has 1 aromatic heterocycles. The highest BCUT2D eigenvalue weighted by atomic mass is 16.3. The lowest BCUT2D eigenvalue weighted by Gasteiger charge is -2.28. The third-order valence-electron chi connectivity index (χ3n) is 10.3. The molecule has 1 heterocycles. The number of hydrogen-bond acceptors (Lipinski definition) is 2. The number of furan rings is 1. The van der Waals surface area contributed by atoms with Gasteiger partial charge in [0.2, 0.25) is 0 Å². The highest BCUT2D eigenvalue weighted by molar-refractivity contribution is 6.19. The molecule has 0 atom stereocenters. The molecular formula is C50H33NO. The van der Waals surface area contributed by atoms with Crippen LogP contribution in [0.15, 0.2) is 205 Å². The van der Waals surface area contributed by atoms with E-state index in [1.54, 1.807) is 0 Å². The Balaban J connectivity index is 1.09. The van der Waals surface area contributed by atoms with Crippen LogP contribution < -0.4 is 4.90 Å². The molecule has 0 saturated heterocycles. The van der Waals surface area contributed by atoms with Crippen molar-refractivity contribution < 1.29 is 4.42 Å². The predicted molar refractivity (Wildman–Crippen MR) is 220 cm³/mol. The lowest BCUT2D eigenvalue weighted by Crippen LogP contribution is -2.11. The summed E-state index contributed by atoms with van der Waals surface area (Å²) in [5.74, 6) is 0. The molecule has 0 aliphatic heterocycles. The van der Waals surface area contributed by atoms with E-state index in [1.165, 1.54) is 38.4 Å². The molecule has 0 saturated carbocycles. The van der Waals surface area contributed by atoms with Crippen molar-refractivity contribution in [3.63, 3.8) is 0 Å². The predicted octanol–water partition coefficient (Wildman–Crippen LogP) is 14.4. The summed E-state index contributed by atoms with van der Waals surface area (Å²) >= 11 is 0. The van der Waals surface area contributed by atoms with Gasteiger partial charge in [-0.3, -0.25) is 0 Å². The average molecular weight is 664 g/mol. The summed E-state index contributed by atoms with van der Waals surface area (Å²) in [4.78, 5) is 2.36. The van der Waals surface area contributed by atoms with Crippen molar-refractivity contribution in [2.24, 2.45) is 0 Å². The van der Waals surface area contributed by atoms with E-state index >= 15 is 0 Å². The van der Waals surface area contributed by atoms with Crippen molar-refractivity contribution in [1.82, 2.24) is 0 Å². The third-order valence-corrected chi connectivity index (χ3v) is 10.3. The minimum Gasteiger partial charge on any atom is -0.455 e. The van der Waals surface area contributed by atoms with Crippen LogP contribution in [0.2, 0.25) is 0 Å². The topological polar surface area (TPSA) is 16.4 Å². The third kappa shape index (κ3) is 5.04. The van der Waals surface area contributed by atoms with E-state index in [0.29, 0.717) is 0 Å². The molecular weight excluding hydrogens is 631 g/mol. The Morgan fingerprint density at radius 2 is 0.962 bits per heavy atom. The Bertz CT molecular complexity index is 2900. The van der Waals surface area contributed by atoms with Gasteiger partial charge in [-0.1, -0.05) is 152 Å². The van der Waals surface area contributed by atoms with Crippen molar-refractivity contribution >= 4 is 60.5 Å². The quantitative estimate of drug-likeness (QED) is 0.176. The number of benzene rings is 9. The fourth-order valence-electron chi connectivity index (χ4n) is 7.83. The van der Waals surface area contributed by atoms with Gasteiger partial charge in [0.05, 0.1) is 5.69 Å². The smallest absolute Gasteiger partial charge is 0.143 e. The summed E-state index contributed by atoms with van der Waals surface area (Å²) in [5.41, 5.74) is 12.2. The molecule has 0 radical (unpaired) electrons. The molecule has 0 aliphatic carbocycles. The Labute approximate surface area is 302 Å². The molecule has 2 nitrogen and oxygen atoms in total. The van der Waals surface area contributed by atoms with Crippen LogP contribution in [0.3, 0.4) is 0 Å². The van der Waals surface area contributed by atoms with Crippen LogP contribution >= 0.6 is 0 Å². The number of anilines is 3. The van der Waals surface area contributed by atoms with E-state index < -0.39 is 0 Å². The van der Waals surface area contributed by atoms with Crippen LogP contribution in [-0.2, 0) is 0 Å². The van der Waals surface area contributed by atoms with Crippen LogP contribution in [0.5, 0.6) is 0 Å². The lowest BCUT2D eigenvalue weighted by molar-refractivity contribution is 0.673. The van der Waals surface area contributed by atoms with Crippen molar-refractivity contribution in [3.05, 3.63) is 200 Å². The Hall–Kier alpha value is -6.90. The van der Waals surface area contributed by atoms with Crippen LogP contribution in [0.1, 0.15) is 0 Å². The molecule has 52 heavy (non-hydrogen) atoms. The van der Waals surface area contributed by atoms with E-state index in [1.807, 2.05) is 0 Å². The molecule has 10 rings (SSSR count). The molecule has 0 amide bonds. The Kier molecular flexibility index (Phi) is 7.18. The SMILES string of the molecule is c1ccc(N(c2ccc(-c3cccc(-c4cccc5ccccc45)c3)cc2)c2ccccc2-c2cccc3oc4c5ccccc5ccc4c23)cc1. The number of rotatable bonds is 6. The fraction of sp³-hybridized carbons (Fsp3) is 0. The summed E-state index contributed by atoms with van der Waals surface area (Å²) in [6.45, 7) is 0. The second-order valence-corrected chi connectivity index (χ2v) is 13.3. The van der Waals surface area contributed by atoms with Crippen molar-refractivity contribution in [2.45, 2.75) is 0 Å². The molecule has 0 fully saturated rings. The molecule has 10 aromatic rings. The highest BCUT2D eigenvalue weighted by Crippen LogP contribution is 2.45. The molecule has 0 unspecified atom stereocenters. The number of fused-ring (bicyclic) bond motifs is 6. The van der Waals surface area contributed by atoms with Gasteiger partial charge in [-0.25, -0.2) is 0 Å². The second-order valence-electron chi connectivity index (χ2n) is 13.3. The normalized spacial score (nSPS) is 11.5. The minimum absolute atomic E-state index is 0.889. The van der Waals surface area contributed by atoms with Crippen LogP contribution in [0.25, 0.3) is 76.9 Å². The van der Waals surface area contributed by atoms with Gasteiger partial charge in [-0.2, -0.15) is 0 Å². The Morgan fingerprint density at radius 1 is 0.346 bits per heavy atom. The van der Waals surface area contributed by atoms with Crippen molar-refractivity contribution in [1.29, 1.82) is 0 Å². The molecule has 2 heteroatoms. The highest BCUT2D eigenvalue weighted by Gasteiger charge is 2.21. The van der Waals surface area contributed by atoms with E-state index in [0.717, 1.165) is 55.5 Å². The summed E-state index contributed by atoms with van der Waals surface area (Å²) in [6.07, 6.45) is 0. The minimum atomic E-state index is 0.889. The summed E-state index contributed by atoms with van der Waals surface area (Å²) in [6, 6.07) is 71.6. The molecule has 0 bridgehead atoms. The largest absolute Gasteiger partial charge is 0.455 e. The van der Waals surface area contributed by atoms with E-state index in [9.17, 15) is 0 Å². The monoisotopic (exact) mass is 663 g/mol. The van der Waals surface area contributed by atoms with Gasteiger partial charge in [0.25, 0.3) is 0 Å². The zero-order chi connectivity index (χ0) is 34.4. The number of hydrogen-bond donors (Lipinski definition) is 0. The van der Waals surface area contributed by atoms with Crippen LogP contribution in [-0.4, -0.2) is 0 Å². The van der Waals surface area contributed by atoms with E-state index in [2.05, 4.69) is 205 Å². The molecule has 0 aliphatic rings. The zero-order valence-corrected chi connectivity index (χ0v) is 28.4. The van der Waals surface area contributed by atoms with Gasteiger partial charge in [-0.15, -0.1) is 0 Å². The van der Waals surface area contributed by atoms with E-state index in [4.69, 9.17) is 4.42 Å². The number of nitrogens with zero attached hydrogens (tertiary/aromatic N) is 1. The first kappa shape index (κ1) is 30.0. The van der Waals surface area contributed by atoms with Gasteiger partial charge < -0.3 is 9.32 Å². The fourth-order valence-corrected chi connectivity index (χ4v) is 7.83. The Morgan fingerprint density at radius 3 is 1.83 bits per heavy atom. The summed E-state index contributed by atoms with van der Waals surface area (Å²) < 4.78 is 6.60. The molecule has 0 spiro atoms. The van der Waals surface area contributed by atoms with Crippen LogP contribution in [0, 0.1) is 0 Å². The van der Waals surface area contributed by atoms with Gasteiger partial charge in [0.15, 0.2) is 0 Å². The van der Waals surface area contributed by atoms with Gasteiger partial charge >= 0.3 is 0 Å². The van der Waals surface area contributed by atoms with Crippen molar-refractivity contribution in [2.75, 3.05) is 4.90 Å². The average Bonchev–Trinajstić information content (AvgIpc) is 3.61. The molecule has 9 aromatic carbocycles.